The zero-order valence-electron chi connectivity index (χ0n) is 46.6. The molecule has 11 rings (SSSR count). The number of phenols is 1. The number of morpholine rings is 1. The van der Waals surface area contributed by atoms with Gasteiger partial charge in [0.25, 0.3) is 5.91 Å². The van der Waals surface area contributed by atoms with Gasteiger partial charge in [-0.25, -0.2) is 5.43 Å². The van der Waals surface area contributed by atoms with E-state index in [0.29, 0.717) is 54.8 Å². The number of pyridine rings is 1. The first-order valence-corrected chi connectivity index (χ1v) is 28.2. The first-order valence-electron chi connectivity index (χ1n) is 28.2. The molecule has 0 spiro atoms. The minimum atomic E-state index is -1.20. The molecular formula is C61H76N9O9+. The SMILES string of the molecule is C=C[C@@H](C)[C@@H](C(=O)N[C@H]1Cc2cc(O)cc(c2)-c2ccc3c(c2)c(c(-c2cc(N4CCN5CCOC[C@@H]5C4)cnc2[C@H](C)OC)n3CC)CC(C)(C)COC(=O)[C@H]2NN(CC3C[C@@H]32)C1=O)N(C)[N+](=O)[C@@H]1OC[C@@H]1c1ccccc1. The van der Waals surface area contributed by atoms with E-state index >= 15 is 4.79 Å². The van der Waals surface area contributed by atoms with Crippen molar-refractivity contribution in [3.05, 3.63) is 119 Å². The molecule has 4 saturated heterocycles. The minimum Gasteiger partial charge on any atom is -0.508 e. The van der Waals surface area contributed by atoms with E-state index < -0.39 is 53.5 Å². The highest BCUT2D eigenvalue weighted by Crippen LogP contribution is 2.46. The van der Waals surface area contributed by atoms with Crippen molar-refractivity contribution in [2.75, 3.05) is 78.2 Å². The van der Waals surface area contributed by atoms with Crippen LogP contribution < -0.4 is 15.6 Å². The zero-order chi connectivity index (χ0) is 55.4. The Morgan fingerprint density at radius 2 is 1.86 bits per heavy atom. The van der Waals surface area contributed by atoms with Crippen LogP contribution in [0.3, 0.4) is 0 Å². The molecule has 3 aromatic carbocycles. The molecule has 79 heavy (non-hydrogen) atoms. The maximum atomic E-state index is 15.1. The lowest BCUT2D eigenvalue weighted by Gasteiger charge is -2.44. The molecule has 6 bridgehead atoms. The summed E-state index contributed by atoms with van der Waals surface area (Å²) in [7, 11) is 3.26. The number of rotatable bonds is 13. The number of benzene rings is 3. The van der Waals surface area contributed by atoms with Crippen LogP contribution in [0.15, 0.2) is 91.6 Å². The van der Waals surface area contributed by atoms with Gasteiger partial charge >= 0.3 is 12.2 Å². The smallest absolute Gasteiger partial charge is 0.346 e. The molecule has 6 aliphatic rings. The second-order valence-corrected chi connectivity index (χ2v) is 23.5. The number of aromatic hydroxyl groups is 1. The van der Waals surface area contributed by atoms with Crippen molar-refractivity contribution in [1.82, 2.24) is 35.2 Å². The quantitative estimate of drug-likeness (QED) is 0.0485. The first kappa shape index (κ1) is 54.3. The average molecular weight is 1080 g/mol. The standard InChI is InChI=1S/C61H75N9O9/c1-9-36(3)55(65(7)70(75)59-50(34-78-59)39-14-12-11-13-15-39)57(72)63-51-24-38-22-41(25-45(71)23-38)40-16-17-52-47(26-40)49(29-61(5,6)35-79-60(74)54-46-27-42(46)31-69(64-54)58(51)73)56(68(52)10-2)48-28-43(30-62-53(48)37(4)76-8)67-19-18-66-20-21-77-33-44(66)32-67/h9,11-17,22-23,25-26,28,30,36-37,42,44,46,50-51,54-55,59,64H,1,10,18-21,24,27,29,31-35H2,2-8H3,(H-,63,71,72)/p+1/t36-,37+,42?,44+,46+,50-,51+,54+,55+,59-/m1/s1. The fraction of sp³-hybridized carbons (Fsp3) is 0.508. The Hall–Kier alpha value is -6.70. The third-order valence-corrected chi connectivity index (χ3v) is 17.5. The number of phenolic OH excluding ortho intramolecular Hbond substituents is 1. The van der Waals surface area contributed by atoms with Crippen LogP contribution in [0.1, 0.15) is 75.4 Å². The number of nitrogens with one attached hydrogen (secondary N) is 2. The number of hydrogen-bond acceptors (Lipinski definition) is 13. The molecule has 3 N–H and O–H groups in total. The van der Waals surface area contributed by atoms with Crippen molar-refractivity contribution in [3.8, 4) is 28.1 Å². The predicted molar refractivity (Wildman–Crippen MR) is 300 cm³/mol. The fourth-order valence-corrected chi connectivity index (χ4v) is 12.8. The Balaban J connectivity index is 0.990. The van der Waals surface area contributed by atoms with E-state index in [1.807, 2.05) is 49.5 Å². The van der Waals surface area contributed by atoms with Gasteiger partial charge in [-0.2, -0.15) is 0 Å². The molecule has 5 fully saturated rings. The van der Waals surface area contributed by atoms with Gasteiger partial charge in [-0.15, -0.1) is 11.6 Å². The number of likely N-dealkylation sites (N-methyl/N-ethyl adjacent to an activating group) is 1. The van der Waals surface area contributed by atoms with Gasteiger partial charge in [-0.05, 0) is 96.7 Å². The number of nitrogens with zero attached hydrogens (tertiary/aromatic N) is 7. The third kappa shape index (κ3) is 10.7. The number of aryl methyl sites for hydroxylation is 1. The minimum absolute atomic E-state index is 0.0116. The molecule has 1 aliphatic carbocycles. The number of amides is 2. The van der Waals surface area contributed by atoms with Gasteiger partial charge < -0.3 is 38.8 Å². The molecule has 1 saturated carbocycles. The second-order valence-electron chi connectivity index (χ2n) is 23.5. The topological polar surface area (TPSA) is 183 Å². The molecule has 1 unspecified atom stereocenters. The van der Waals surface area contributed by atoms with E-state index in [-0.39, 0.29) is 42.6 Å². The number of fused-ring (bicyclic) bond motifs is 9. The Morgan fingerprint density at radius 1 is 1.05 bits per heavy atom. The van der Waals surface area contributed by atoms with Crippen LogP contribution in [0.5, 0.6) is 5.75 Å². The molecule has 418 valence electrons. The summed E-state index contributed by atoms with van der Waals surface area (Å²) in [6.45, 7) is 20.6. The number of carbonyl (C=O) groups is 3. The number of anilines is 1. The molecule has 5 aromatic rings. The van der Waals surface area contributed by atoms with E-state index in [2.05, 4.69) is 76.7 Å². The van der Waals surface area contributed by atoms with Crippen molar-refractivity contribution in [2.24, 2.45) is 23.2 Å². The number of cyclic esters (lactones) is 1. The summed E-state index contributed by atoms with van der Waals surface area (Å²) in [6.07, 6.45) is 3.60. The summed E-state index contributed by atoms with van der Waals surface area (Å²) >= 11 is 0. The van der Waals surface area contributed by atoms with E-state index in [4.69, 9.17) is 23.9 Å². The lowest BCUT2D eigenvalue weighted by atomic mass is 9.84. The summed E-state index contributed by atoms with van der Waals surface area (Å²) in [6, 6.07) is 20.7. The predicted octanol–water partition coefficient (Wildman–Crippen LogP) is 6.78. The van der Waals surface area contributed by atoms with E-state index in [1.54, 1.807) is 39.3 Å². The molecule has 2 amide bonds. The third-order valence-electron chi connectivity index (χ3n) is 17.5. The Labute approximate surface area is 462 Å². The van der Waals surface area contributed by atoms with Crippen molar-refractivity contribution >= 4 is 34.4 Å². The normalized spacial score (nSPS) is 26.1. The number of hydrogen-bond donors (Lipinski definition) is 3. The van der Waals surface area contributed by atoms with Gasteiger partial charge in [0, 0.05) is 80.6 Å². The van der Waals surface area contributed by atoms with Gasteiger partial charge in [0.1, 0.15) is 23.8 Å². The number of hydrazine groups is 2. The molecule has 10 atom stereocenters. The molecule has 7 heterocycles. The largest absolute Gasteiger partial charge is 0.508 e. The lowest BCUT2D eigenvalue weighted by Crippen LogP contribution is -2.63. The highest BCUT2D eigenvalue weighted by Gasteiger charge is 2.54. The van der Waals surface area contributed by atoms with Gasteiger partial charge in [0.05, 0.1) is 73.8 Å². The maximum Gasteiger partial charge on any atom is 0.346 e. The molecule has 18 nitrogen and oxygen atoms in total. The van der Waals surface area contributed by atoms with Crippen molar-refractivity contribution in [1.29, 1.82) is 0 Å². The Bertz CT molecular complexity index is 3150. The highest BCUT2D eigenvalue weighted by atomic mass is 16.6. The first-order chi connectivity index (χ1) is 38.0. The number of aromatic nitrogens is 2. The van der Waals surface area contributed by atoms with Gasteiger partial charge in [0.15, 0.2) is 10.9 Å². The van der Waals surface area contributed by atoms with E-state index in [9.17, 15) is 19.6 Å². The molecule has 18 heteroatoms. The van der Waals surface area contributed by atoms with Crippen LogP contribution in [0.25, 0.3) is 33.3 Å². The second kappa shape index (κ2) is 22.1. The van der Waals surface area contributed by atoms with Crippen molar-refractivity contribution in [2.45, 2.75) is 103 Å². The van der Waals surface area contributed by atoms with E-state index in [0.717, 1.165) is 89.4 Å². The number of ether oxygens (including phenoxy) is 4. The summed E-state index contributed by atoms with van der Waals surface area (Å²) in [5, 5.41) is 18.4. The van der Waals surface area contributed by atoms with Crippen molar-refractivity contribution in [3.63, 3.8) is 0 Å². The van der Waals surface area contributed by atoms with Gasteiger partial charge in [0.2, 0.25) is 5.91 Å². The van der Waals surface area contributed by atoms with Crippen LogP contribution in [0.2, 0.25) is 0 Å². The number of carbonyl (C=O) groups excluding carboxylic acids is 3. The molecule has 5 aliphatic heterocycles. The maximum absolute atomic E-state index is 15.1. The summed E-state index contributed by atoms with van der Waals surface area (Å²) < 4.78 is 26.5. The number of piperazine rings is 1. The van der Waals surface area contributed by atoms with Gasteiger partial charge in [-0.3, -0.25) is 29.3 Å². The van der Waals surface area contributed by atoms with Crippen LogP contribution in [0.4, 0.5) is 5.69 Å². The number of nitroso groups, excluding NO2 is 1. The molecule has 0 radical (unpaired) electrons. The number of esters is 1. The summed E-state index contributed by atoms with van der Waals surface area (Å²) in [5.41, 5.74) is 11.7. The number of methoxy groups -OCH3 is 1. The van der Waals surface area contributed by atoms with Crippen molar-refractivity contribution < 1.29 is 43.3 Å². The van der Waals surface area contributed by atoms with Crippen LogP contribution in [-0.4, -0.2) is 156 Å². The summed E-state index contributed by atoms with van der Waals surface area (Å²) in [5.74, 6) is -2.26. The average Bonchev–Trinajstić information content (AvgIpc) is 4.37. The highest BCUT2D eigenvalue weighted by molar-refractivity contribution is 5.96. The van der Waals surface area contributed by atoms with Gasteiger partial charge in [-0.1, -0.05) is 69.3 Å². The zero-order valence-corrected chi connectivity index (χ0v) is 46.6. The van der Waals surface area contributed by atoms with Crippen LogP contribution in [-0.2, 0) is 52.7 Å². The van der Waals surface area contributed by atoms with Crippen LogP contribution >= 0.6 is 0 Å². The lowest BCUT2D eigenvalue weighted by molar-refractivity contribution is -0.780. The van der Waals surface area contributed by atoms with E-state index in [1.165, 1.54) is 10.0 Å². The Morgan fingerprint density at radius 3 is 2.61 bits per heavy atom. The Kier molecular flexibility index (Phi) is 15.2. The summed E-state index contributed by atoms with van der Waals surface area (Å²) in [4.78, 5) is 69.5. The monoisotopic (exact) mass is 1080 g/mol. The van der Waals surface area contributed by atoms with Crippen LogP contribution in [0, 0.1) is 28.1 Å². The molecular weight excluding hydrogens is 1000 g/mol. The molecule has 2 aromatic heterocycles. The fourth-order valence-electron chi connectivity index (χ4n) is 12.8.